The van der Waals surface area contributed by atoms with Crippen molar-refractivity contribution >= 4 is 11.9 Å². The Bertz CT molecular complexity index is 340. The Morgan fingerprint density at radius 2 is 1.65 bits per heavy atom. The lowest BCUT2D eigenvalue weighted by Gasteiger charge is -2.28. The zero-order valence-electron chi connectivity index (χ0n) is 12.8. The molecule has 0 radical (unpaired) electrons. The van der Waals surface area contributed by atoms with Gasteiger partial charge in [-0.15, -0.1) is 0 Å². The van der Waals surface area contributed by atoms with Gasteiger partial charge in [-0.25, -0.2) is 4.79 Å². The van der Waals surface area contributed by atoms with E-state index in [1.54, 1.807) is 27.7 Å². The molecule has 20 heavy (non-hydrogen) atoms. The normalized spacial score (nSPS) is 13.8. The number of hydrogen-bond donors (Lipinski definition) is 0. The fourth-order valence-electron chi connectivity index (χ4n) is 1.27. The Kier molecular flexibility index (Phi) is 7.09. The summed E-state index contributed by atoms with van der Waals surface area (Å²) in [6.45, 7) is 8.02. The van der Waals surface area contributed by atoms with Gasteiger partial charge in [0.1, 0.15) is 0 Å². The fourth-order valence-corrected chi connectivity index (χ4v) is 1.27. The maximum absolute atomic E-state index is 13.9. The maximum Gasteiger partial charge on any atom is 0.381 e. The first kappa shape index (κ1) is 18.8. The molecule has 0 rings (SSSR count). The molecule has 0 aromatic heterocycles. The molecule has 0 amide bonds. The minimum absolute atomic E-state index is 0.0841. The van der Waals surface area contributed by atoms with Gasteiger partial charge in [0.05, 0.1) is 12.0 Å². The van der Waals surface area contributed by atoms with Crippen LogP contribution in [0.4, 0.5) is 8.78 Å². The van der Waals surface area contributed by atoms with Gasteiger partial charge in [-0.3, -0.25) is 4.79 Å². The number of halogens is 2. The molecule has 0 heterocycles. The highest BCUT2D eigenvalue weighted by atomic mass is 19.3. The summed E-state index contributed by atoms with van der Waals surface area (Å²) in [4.78, 5) is 23.2. The molecule has 0 N–H and O–H groups in total. The van der Waals surface area contributed by atoms with Gasteiger partial charge in [0.15, 0.2) is 6.10 Å². The third-order valence-corrected chi connectivity index (χ3v) is 3.17. The number of rotatable bonds is 8. The van der Waals surface area contributed by atoms with Crippen molar-refractivity contribution < 1.29 is 27.8 Å². The van der Waals surface area contributed by atoms with Crippen LogP contribution in [0.3, 0.4) is 0 Å². The monoisotopic (exact) mass is 294 g/mol. The van der Waals surface area contributed by atoms with Crippen molar-refractivity contribution in [1.29, 1.82) is 0 Å². The number of hydrogen-bond acceptors (Lipinski definition) is 4. The zero-order valence-corrected chi connectivity index (χ0v) is 12.8. The first-order chi connectivity index (χ1) is 9.13. The highest BCUT2D eigenvalue weighted by Gasteiger charge is 2.51. The van der Waals surface area contributed by atoms with E-state index >= 15 is 0 Å². The quantitative estimate of drug-likeness (QED) is 0.644. The molecular formula is C14H24F2O4. The van der Waals surface area contributed by atoms with Crippen molar-refractivity contribution in [3.05, 3.63) is 0 Å². The van der Waals surface area contributed by atoms with Crippen LogP contribution in [-0.4, -0.2) is 30.6 Å². The van der Waals surface area contributed by atoms with Crippen LogP contribution in [0.5, 0.6) is 0 Å². The van der Waals surface area contributed by atoms with Gasteiger partial charge in [0.25, 0.3) is 0 Å². The molecule has 1 atom stereocenters. The second-order valence-electron chi connectivity index (χ2n) is 5.30. The lowest BCUT2D eigenvalue weighted by atomic mass is 9.90. The van der Waals surface area contributed by atoms with Crippen LogP contribution in [0.1, 0.15) is 53.9 Å². The Balaban J connectivity index is 4.89. The number of esters is 2. The Hall–Kier alpha value is -1.20. The van der Waals surface area contributed by atoms with Crippen molar-refractivity contribution in [2.75, 3.05) is 6.61 Å². The van der Waals surface area contributed by atoms with Crippen LogP contribution in [0, 0.1) is 5.41 Å². The molecule has 0 aliphatic carbocycles. The highest BCUT2D eigenvalue weighted by Crippen LogP contribution is 2.29. The smallest absolute Gasteiger partial charge is 0.381 e. The topological polar surface area (TPSA) is 52.6 Å². The third-order valence-electron chi connectivity index (χ3n) is 3.17. The summed E-state index contributed by atoms with van der Waals surface area (Å²) in [5.41, 5.74) is -0.864. The SMILES string of the molecule is CCCOC(=O)C(F)(F)C(CC)OC(=O)C(C)(C)CC. The third kappa shape index (κ3) is 4.72. The Labute approximate surface area is 118 Å². The average Bonchev–Trinajstić information content (AvgIpc) is 2.40. The number of ether oxygens (including phenoxy) is 2. The molecule has 0 bridgehead atoms. The molecule has 4 nitrogen and oxygen atoms in total. The van der Waals surface area contributed by atoms with Crippen LogP contribution in [0.15, 0.2) is 0 Å². The minimum atomic E-state index is -3.83. The van der Waals surface area contributed by atoms with E-state index in [0.29, 0.717) is 12.8 Å². The van der Waals surface area contributed by atoms with E-state index in [1.807, 2.05) is 0 Å². The molecule has 0 fully saturated rings. The Morgan fingerprint density at radius 3 is 2.05 bits per heavy atom. The fraction of sp³-hybridized carbons (Fsp3) is 0.857. The van der Waals surface area contributed by atoms with Crippen molar-refractivity contribution in [3.63, 3.8) is 0 Å². The largest absolute Gasteiger partial charge is 0.461 e. The van der Waals surface area contributed by atoms with Crippen molar-refractivity contribution in [2.24, 2.45) is 5.41 Å². The summed E-state index contributed by atoms with van der Waals surface area (Å²) in [5, 5.41) is 0. The van der Waals surface area contributed by atoms with Crippen molar-refractivity contribution in [1.82, 2.24) is 0 Å². The van der Waals surface area contributed by atoms with E-state index in [4.69, 9.17) is 4.74 Å². The van der Waals surface area contributed by atoms with Gasteiger partial charge in [0.2, 0.25) is 0 Å². The Morgan fingerprint density at radius 1 is 1.10 bits per heavy atom. The lowest BCUT2D eigenvalue weighted by molar-refractivity contribution is -0.202. The molecule has 118 valence electrons. The number of carbonyl (C=O) groups is 2. The molecule has 6 heteroatoms. The van der Waals surface area contributed by atoms with E-state index in [2.05, 4.69) is 4.74 Å². The molecule has 1 unspecified atom stereocenters. The van der Waals surface area contributed by atoms with Crippen LogP contribution >= 0.6 is 0 Å². The molecule has 0 saturated carbocycles. The van der Waals surface area contributed by atoms with E-state index in [1.165, 1.54) is 6.92 Å². The minimum Gasteiger partial charge on any atom is -0.461 e. The predicted molar refractivity (Wildman–Crippen MR) is 70.4 cm³/mol. The van der Waals surface area contributed by atoms with E-state index < -0.39 is 29.4 Å². The maximum atomic E-state index is 13.9. The number of alkyl halides is 2. The summed E-state index contributed by atoms with van der Waals surface area (Å²) in [6, 6.07) is 0. The van der Waals surface area contributed by atoms with Crippen molar-refractivity contribution in [3.8, 4) is 0 Å². The molecule has 0 aromatic rings. The molecule has 0 aliphatic heterocycles. The first-order valence-corrected chi connectivity index (χ1v) is 6.89. The number of carbonyl (C=O) groups excluding carboxylic acids is 2. The van der Waals surface area contributed by atoms with E-state index in [9.17, 15) is 18.4 Å². The molecular weight excluding hydrogens is 270 g/mol. The van der Waals surface area contributed by atoms with Crippen LogP contribution in [0.2, 0.25) is 0 Å². The van der Waals surface area contributed by atoms with Gasteiger partial charge >= 0.3 is 17.9 Å². The molecule has 0 saturated heterocycles. The van der Waals surface area contributed by atoms with Crippen LogP contribution < -0.4 is 0 Å². The second-order valence-corrected chi connectivity index (χ2v) is 5.30. The summed E-state index contributed by atoms with van der Waals surface area (Å²) < 4.78 is 37.1. The van der Waals surface area contributed by atoms with Crippen LogP contribution in [0.25, 0.3) is 0 Å². The standard InChI is InChI=1S/C14H24F2O4/c1-6-9-19-12(18)14(15,16)10(7-2)20-11(17)13(4,5)8-3/h10H,6-9H2,1-5H3. The van der Waals surface area contributed by atoms with Gasteiger partial charge in [-0.1, -0.05) is 20.8 Å². The first-order valence-electron chi connectivity index (χ1n) is 6.89. The molecule has 0 aliphatic rings. The van der Waals surface area contributed by atoms with E-state index in [0.717, 1.165) is 0 Å². The lowest BCUT2D eigenvalue weighted by Crippen LogP contribution is -2.46. The van der Waals surface area contributed by atoms with Crippen LogP contribution in [-0.2, 0) is 19.1 Å². The molecule has 0 aromatic carbocycles. The van der Waals surface area contributed by atoms with Crippen molar-refractivity contribution in [2.45, 2.75) is 65.9 Å². The summed E-state index contributed by atoms with van der Waals surface area (Å²) in [7, 11) is 0. The van der Waals surface area contributed by atoms with Gasteiger partial charge in [0, 0.05) is 0 Å². The average molecular weight is 294 g/mol. The highest BCUT2D eigenvalue weighted by molar-refractivity contribution is 5.80. The predicted octanol–water partition coefficient (Wildman–Crippen LogP) is 3.33. The summed E-state index contributed by atoms with van der Waals surface area (Å²) >= 11 is 0. The zero-order chi connectivity index (χ0) is 16.0. The van der Waals surface area contributed by atoms with E-state index in [-0.39, 0.29) is 13.0 Å². The second kappa shape index (κ2) is 7.55. The summed E-state index contributed by atoms with van der Waals surface area (Å²) in [5.74, 6) is -6.22. The van der Waals surface area contributed by atoms with Gasteiger partial charge < -0.3 is 9.47 Å². The summed E-state index contributed by atoms with van der Waals surface area (Å²) in [6.07, 6.45) is -1.07. The van der Waals surface area contributed by atoms with Gasteiger partial charge in [-0.2, -0.15) is 8.78 Å². The van der Waals surface area contributed by atoms with Gasteiger partial charge in [-0.05, 0) is 33.1 Å². The molecule has 0 spiro atoms.